The van der Waals surface area contributed by atoms with Crippen LogP contribution in [0.3, 0.4) is 0 Å². The first-order chi connectivity index (χ1) is 9.11. The van der Waals surface area contributed by atoms with E-state index >= 15 is 0 Å². The lowest BCUT2D eigenvalue weighted by Gasteiger charge is -2.12. The highest BCUT2D eigenvalue weighted by Crippen LogP contribution is 2.18. The molecule has 2 rings (SSSR count). The van der Waals surface area contributed by atoms with Gasteiger partial charge in [0.05, 0.1) is 12.7 Å². The van der Waals surface area contributed by atoms with Gasteiger partial charge in [-0.05, 0) is 38.1 Å². The van der Waals surface area contributed by atoms with Crippen molar-refractivity contribution in [2.24, 2.45) is 0 Å². The van der Waals surface area contributed by atoms with Crippen LogP contribution in [0.5, 0.6) is 0 Å². The number of nitrogens with zero attached hydrogens (tertiary/aromatic N) is 2. The van der Waals surface area contributed by atoms with Gasteiger partial charge in [0.2, 0.25) is 0 Å². The summed E-state index contributed by atoms with van der Waals surface area (Å²) in [4.78, 5) is 0. The maximum Gasteiger partial charge on any atom is 0.0662 e. The van der Waals surface area contributed by atoms with Gasteiger partial charge in [-0.25, -0.2) is 0 Å². The molecule has 1 heterocycles. The number of hydrogen-bond acceptors (Lipinski definition) is 2. The predicted molar refractivity (Wildman–Crippen MR) is 82.3 cm³/mol. The molecule has 0 aliphatic rings. The lowest BCUT2D eigenvalue weighted by Crippen LogP contribution is -2.18. The van der Waals surface area contributed by atoms with E-state index in [1.165, 1.54) is 16.8 Å². The van der Waals surface area contributed by atoms with Gasteiger partial charge in [0, 0.05) is 21.8 Å². The van der Waals surface area contributed by atoms with Crippen molar-refractivity contribution in [3.63, 3.8) is 0 Å². The van der Waals surface area contributed by atoms with Crippen molar-refractivity contribution < 1.29 is 0 Å². The number of rotatable bonds is 5. The van der Waals surface area contributed by atoms with Crippen LogP contribution in [0.15, 0.2) is 34.9 Å². The SMILES string of the molecule is CCNC(C)c1cnn(Cc2ccc(Br)cc2)c1C. The Hall–Kier alpha value is -1.13. The predicted octanol–water partition coefficient (Wildman–Crippen LogP) is 3.67. The topological polar surface area (TPSA) is 29.9 Å². The summed E-state index contributed by atoms with van der Waals surface area (Å²) in [5.41, 5.74) is 3.77. The molecule has 0 spiro atoms. The molecular formula is C15H20BrN3. The molecule has 2 aromatic rings. The quantitative estimate of drug-likeness (QED) is 0.910. The summed E-state index contributed by atoms with van der Waals surface area (Å²) in [6.45, 7) is 8.22. The van der Waals surface area contributed by atoms with Crippen molar-refractivity contribution >= 4 is 15.9 Å². The fourth-order valence-electron chi connectivity index (χ4n) is 2.22. The standard InChI is InChI=1S/C15H20BrN3/c1-4-17-11(2)15-9-18-19(12(15)3)10-13-5-7-14(16)8-6-13/h5-9,11,17H,4,10H2,1-3H3. The Morgan fingerprint density at radius 1 is 1.32 bits per heavy atom. The lowest BCUT2D eigenvalue weighted by molar-refractivity contribution is 0.590. The van der Waals surface area contributed by atoms with Gasteiger partial charge in [0.1, 0.15) is 0 Å². The number of aromatic nitrogens is 2. The zero-order valence-electron chi connectivity index (χ0n) is 11.7. The molecule has 1 atom stereocenters. The van der Waals surface area contributed by atoms with Crippen LogP contribution in [0.25, 0.3) is 0 Å². The maximum absolute atomic E-state index is 4.50. The minimum atomic E-state index is 0.351. The highest BCUT2D eigenvalue weighted by molar-refractivity contribution is 9.10. The van der Waals surface area contributed by atoms with Gasteiger partial charge in [-0.2, -0.15) is 5.10 Å². The third-order valence-electron chi connectivity index (χ3n) is 3.36. The third kappa shape index (κ3) is 3.45. The summed E-state index contributed by atoms with van der Waals surface area (Å²) < 4.78 is 3.17. The highest BCUT2D eigenvalue weighted by atomic mass is 79.9. The second-order valence-corrected chi connectivity index (χ2v) is 5.66. The fraction of sp³-hybridized carbons (Fsp3) is 0.400. The van der Waals surface area contributed by atoms with Gasteiger partial charge in [0.25, 0.3) is 0 Å². The van der Waals surface area contributed by atoms with Crippen LogP contribution in [-0.2, 0) is 6.54 Å². The van der Waals surface area contributed by atoms with Crippen LogP contribution < -0.4 is 5.32 Å². The molecule has 0 saturated heterocycles. The average molecular weight is 322 g/mol. The molecule has 1 unspecified atom stereocenters. The first-order valence-electron chi connectivity index (χ1n) is 6.62. The summed E-state index contributed by atoms with van der Waals surface area (Å²) in [6, 6.07) is 8.73. The molecule has 0 bridgehead atoms. The molecule has 0 saturated carbocycles. The van der Waals surface area contributed by atoms with E-state index in [1.54, 1.807) is 0 Å². The molecule has 1 aromatic heterocycles. The first kappa shape index (κ1) is 14.3. The molecule has 0 aliphatic carbocycles. The highest BCUT2D eigenvalue weighted by Gasteiger charge is 2.12. The normalized spacial score (nSPS) is 12.6. The fourth-order valence-corrected chi connectivity index (χ4v) is 2.49. The van der Waals surface area contributed by atoms with Crippen molar-refractivity contribution in [1.29, 1.82) is 0 Å². The Bertz CT molecular complexity index is 531. The van der Waals surface area contributed by atoms with Crippen molar-refractivity contribution in [1.82, 2.24) is 15.1 Å². The molecule has 0 radical (unpaired) electrons. The Morgan fingerprint density at radius 3 is 2.63 bits per heavy atom. The van der Waals surface area contributed by atoms with E-state index in [4.69, 9.17) is 0 Å². The van der Waals surface area contributed by atoms with E-state index in [1.807, 2.05) is 6.20 Å². The van der Waals surface area contributed by atoms with Crippen LogP contribution in [0, 0.1) is 6.92 Å². The summed E-state index contributed by atoms with van der Waals surface area (Å²) in [7, 11) is 0. The molecule has 1 N–H and O–H groups in total. The van der Waals surface area contributed by atoms with E-state index in [-0.39, 0.29) is 0 Å². The molecule has 0 fully saturated rings. The van der Waals surface area contributed by atoms with E-state index in [0.717, 1.165) is 17.6 Å². The van der Waals surface area contributed by atoms with Crippen molar-refractivity contribution in [3.8, 4) is 0 Å². The summed E-state index contributed by atoms with van der Waals surface area (Å²) >= 11 is 3.46. The Morgan fingerprint density at radius 2 is 2.00 bits per heavy atom. The van der Waals surface area contributed by atoms with E-state index < -0.39 is 0 Å². The average Bonchev–Trinajstić information content (AvgIpc) is 2.74. The van der Waals surface area contributed by atoms with Crippen LogP contribution >= 0.6 is 15.9 Å². The Kier molecular flexibility index (Phi) is 4.77. The van der Waals surface area contributed by atoms with Crippen LogP contribution in [0.1, 0.15) is 36.7 Å². The van der Waals surface area contributed by atoms with E-state index in [9.17, 15) is 0 Å². The Balaban J connectivity index is 2.15. The van der Waals surface area contributed by atoms with Gasteiger partial charge in [-0.15, -0.1) is 0 Å². The zero-order chi connectivity index (χ0) is 13.8. The number of halogens is 1. The lowest BCUT2D eigenvalue weighted by atomic mass is 10.1. The minimum absolute atomic E-state index is 0.351. The van der Waals surface area contributed by atoms with Gasteiger partial charge in [0.15, 0.2) is 0 Å². The van der Waals surface area contributed by atoms with E-state index in [2.05, 4.69) is 76.1 Å². The molecule has 1 aromatic carbocycles. The first-order valence-corrected chi connectivity index (χ1v) is 7.41. The van der Waals surface area contributed by atoms with Crippen molar-refractivity contribution in [3.05, 3.63) is 51.8 Å². The van der Waals surface area contributed by atoms with Crippen LogP contribution in [-0.4, -0.2) is 16.3 Å². The van der Waals surface area contributed by atoms with Gasteiger partial charge >= 0.3 is 0 Å². The molecule has 0 aliphatic heterocycles. The smallest absolute Gasteiger partial charge is 0.0662 e. The molecule has 102 valence electrons. The summed E-state index contributed by atoms with van der Waals surface area (Å²) in [5.74, 6) is 0. The largest absolute Gasteiger partial charge is 0.310 e. The summed E-state index contributed by atoms with van der Waals surface area (Å²) in [6.07, 6.45) is 1.97. The molecular weight excluding hydrogens is 302 g/mol. The summed E-state index contributed by atoms with van der Waals surface area (Å²) in [5, 5.41) is 7.93. The van der Waals surface area contributed by atoms with Gasteiger partial charge in [-0.3, -0.25) is 4.68 Å². The van der Waals surface area contributed by atoms with Gasteiger partial charge < -0.3 is 5.32 Å². The maximum atomic E-state index is 4.50. The number of nitrogens with one attached hydrogen (secondary N) is 1. The van der Waals surface area contributed by atoms with Crippen molar-refractivity contribution in [2.75, 3.05) is 6.54 Å². The second-order valence-electron chi connectivity index (χ2n) is 4.75. The monoisotopic (exact) mass is 321 g/mol. The minimum Gasteiger partial charge on any atom is -0.310 e. The molecule has 3 nitrogen and oxygen atoms in total. The third-order valence-corrected chi connectivity index (χ3v) is 3.89. The molecule has 0 amide bonds. The van der Waals surface area contributed by atoms with Crippen molar-refractivity contribution in [2.45, 2.75) is 33.4 Å². The zero-order valence-corrected chi connectivity index (χ0v) is 13.2. The number of hydrogen-bond donors (Lipinski definition) is 1. The molecule has 19 heavy (non-hydrogen) atoms. The number of benzene rings is 1. The molecule has 4 heteroatoms. The Labute approximate surface area is 123 Å². The van der Waals surface area contributed by atoms with E-state index in [0.29, 0.717) is 6.04 Å². The van der Waals surface area contributed by atoms with Gasteiger partial charge in [-0.1, -0.05) is 35.0 Å². The van der Waals surface area contributed by atoms with Crippen LogP contribution in [0.4, 0.5) is 0 Å². The second kappa shape index (κ2) is 6.35. The van der Waals surface area contributed by atoms with Crippen LogP contribution in [0.2, 0.25) is 0 Å².